The van der Waals surface area contributed by atoms with Crippen molar-refractivity contribution in [2.24, 2.45) is 4.99 Å². The Bertz CT molecular complexity index is 894. The van der Waals surface area contributed by atoms with Crippen LogP contribution in [-0.4, -0.2) is 51.4 Å². The third-order valence-corrected chi connectivity index (χ3v) is 4.59. The molecule has 31 heavy (non-hydrogen) atoms. The summed E-state index contributed by atoms with van der Waals surface area (Å²) in [4.78, 5) is 6.23. The molecule has 7 nitrogen and oxygen atoms in total. The highest BCUT2D eigenvalue weighted by atomic mass is 19.3. The molecule has 0 saturated carbocycles. The average Bonchev–Trinajstić information content (AvgIpc) is 3.19. The molecule has 0 atom stereocenters. The first kappa shape index (κ1) is 22.5. The van der Waals surface area contributed by atoms with E-state index >= 15 is 0 Å². The topological polar surface area (TPSA) is 67.4 Å². The van der Waals surface area contributed by atoms with Crippen molar-refractivity contribution in [2.75, 3.05) is 34.0 Å². The number of likely N-dealkylation sites (N-methyl/N-ethyl adjacent to an activating group) is 1. The Morgan fingerprint density at radius 1 is 1.16 bits per heavy atom. The van der Waals surface area contributed by atoms with Crippen molar-refractivity contribution < 1.29 is 27.4 Å². The lowest BCUT2D eigenvalue weighted by Crippen LogP contribution is -2.40. The molecule has 0 amide bonds. The van der Waals surface area contributed by atoms with Gasteiger partial charge in [0.05, 0.1) is 0 Å². The summed E-state index contributed by atoms with van der Waals surface area (Å²) in [5.41, 5.74) is 1.50. The van der Waals surface area contributed by atoms with Gasteiger partial charge in [-0.2, -0.15) is 8.78 Å². The second kappa shape index (κ2) is 10.8. The summed E-state index contributed by atoms with van der Waals surface area (Å²) >= 11 is 0. The molecule has 1 aliphatic heterocycles. The number of guanidine groups is 1. The van der Waals surface area contributed by atoms with Crippen LogP contribution in [0.25, 0.3) is 0 Å². The Labute approximate surface area is 178 Å². The van der Waals surface area contributed by atoms with Crippen LogP contribution in [0.1, 0.15) is 11.1 Å². The highest BCUT2D eigenvalue weighted by Crippen LogP contribution is 2.38. The quantitative estimate of drug-likeness (QED) is 0.464. The predicted octanol–water partition coefficient (Wildman–Crippen LogP) is 2.95. The monoisotopic (exact) mass is 438 g/mol. The van der Waals surface area contributed by atoms with Crippen molar-refractivity contribution in [1.82, 2.24) is 15.5 Å². The van der Waals surface area contributed by atoms with Crippen LogP contribution in [0.5, 0.6) is 17.2 Å². The molecule has 2 aromatic carbocycles. The number of halogens is 3. The summed E-state index contributed by atoms with van der Waals surface area (Å²) in [5.74, 6) is 1.11. The minimum Gasteiger partial charge on any atom is -0.454 e. The molecule has 1 aliphatic rings. The lowest BCUT2D eigenvalue weighted by Gasteiger charge is -2.19. The molecule has 2 aromatic rings. The fourth-order valence-corrected chi connectivity index (χ4v) is 3.05. The highest BCUT2D eigenvalue weighted by molar-refractivity contribution is 5.79. The number of aliphatic imine (C=N–C) groups is 1. The summed E-state index contributed by atoms with van der Waals surface area (Å²) in [5, 5.41) is 6.25. The third-order valence-electron chi connectivity index (χ3n) is 4.59. The maximum absolute atomic E-state index is 13.0. The number of ether oxygens (including phenoxy) is 3. The number of fused-ring (bicyclic) bond motifs is 1. The average molecular weight is 438 g/mol. The van der Waals surface area contributed by atoms with Gasteiger partial charge in [0.2, 0.25) is 6.79 Å². The van der Waals surface area contributed by atoms with Gasteiger partial charge in [0.1, 0.15) is 11.6 Å². The standard InChI is InChI=1S/C21H25F3N4O3/c1-25-21(26-7-8-28(2)12-14-3-5-16(22)6-4-14)27-11-15-9-18-19(30-13-29-18)10-17(15)31-20(23)24/h3-6,9-10,20H,7-8,11-13H2,1-2H3,(H2,25,26,27). The summed E-state index contributed by atoms with van der Waals surface area (Å²) in [6.07, 6.45) is 0. The van der Waals surface area contributed by atoms with E-state index < -0.39 is 6.61 Å². The zero-order chi connectivity index (χ0) is 22.2. The first-order valence-corrected chi connectivity index (χ1v) is 9.69. The fraction of sp³-hybridized carbons (Fsp3) is 0.381. The van der Waals surface area contributed by atoms with Gasteiger partial charge in [-0.25, -0.2) is 4.39 Å². The highest BCUT2D eigenvalue weighted by Gasteiger charge is 2.20. The largest absolute Gasteiger partial charge is 0.454 e. The molecule has 2 N–H and O–H groups in total. The molecule has 0 unspecified atom stereocenters. The fourth-order valence-electron chi connectivity index (χ4n) is 3.05. The third kappa shape index (κ3) is 6.68. The number of benzene rings is 2. The summed E-state index contributed by atoms with van der Waals surface area (Å²) in [7, 11) is 3.58. The lowest BCUT2D eigenvalue weighted by atomic mass is 10.1. The molecule has 3 rings (SSSR count). The van der Waals surface area contributed by atoms with Crippen LogP contribution >= 0.6 is 0 Å². The molecule has 0 radical (unpaired) electrons. The normalized spacial score (nSPS) is 13.1. The molecule has 0 aromatic heterocycles. The first-order valence-electron chi connectivity index (χ1n) is 9.69. The minimum absolute atomic E-state index is 0.0150. The molecule has 0 saturated heterocycles. The lowest BCUT2D eigenvalue weighted by molar-refractivity contribution is -0.0505. The summed E-state index contributed by atoms with van der Waals surface area (Å²) in [6.45, 7) is -0.729. The van der Waals surface area contributed by atoms with E-state index in [1.54, 1.807) is 25.2 Å². The van der Waals surface area contributed by atoms with Gasteiger partial charge in [-0.05, 0) is 30.8 Å². The van der Waals surface area contributed by atoms with Gasteiger partial charge < -0.3 is 29.7 Å². The number of hydrogen-bond acceptors (Lipinski definition) is 5. The Kier molecular flexibility index (Phi) is 7.82. The van der Waals surface area contributed by atoms with Crippen molar-refractivity contribution in [3.63, 3.8) is 0 Å². The van der Waals surface area contributed by atoms with Gasteiger partial charge in [0.15, 0.2) is 17.5 Å². The molecule has 1 heterocycles. The molecule has 0 spiro atoms. The number of nitrogens with one attached hydrogen (secondary N) is 2. The Morgan fingerprint density at radius 3 is 2.55 bits per heavy atom. The molecule has 0 bridgehead atoms. The van der Waals surface area contributed by atoms with Crippen molar-refractivity contribution >= 4 is 5.96 Å². The summed E-state index contributed by atoms with van der Waals surface area (Å²) in [6, 6.07) is 9.39. The summed E-state index contributed by atoms with van der Waals surface area (Å²) < 4.78 is 53.7. The zero-order valence-electron chi connectivity index (χ0n) is 17.3. The van der Waals surface area contributed by atoms with Crippen molar-refractivity contribution in [3.8, 4) is 17.2 Å². The maximum Gasteiger partial charge on any atom is 0.387 e. The predicted molar refractivity (Wildman–Crippen MR) is 110 cm³/mol. The van der Waals surface area contributed by atoms with Crippen LogP contribution in [0.15, 0.2) is 41.4 Å². The van der Waals surface area contributed by atoms with Gasteiger partial charge in [0.25, 0.3) is 0 Å². The van der Waals surface area contributed by atoms with Crippen molar-refractivity contribution in [1.29, 1.82) is 0 Å². The smallest absolute Gasteiger partial charge is 0.387 e. The van der Waals surface area contributed by atoms with Crippen LogP contribution in [0.4, 0.5) is 13.2 Å². The van der Waals surface area contributed by atoms with E-state index in [1.165, 1.54) is 18.2 Å². The van der Waals surface area contributed by atoms with E-state index in [-0.39, 0.29) is 24.9 Å². The number of alkyl halides is 2. The van der Waals surface area contributed by atoms with Crippen LogP contribution in [0.3, 0.4) is 0 Å². The van der Waals surface area contributed by atoms with Crippen LogP contribution in [-0.2, 0) is 13.1 Å². The van der Waals surface area contributed by atoms with E-state index in [0.29, 0.717) is 42.7 Å². The van der Waals surface area contributed by atoms with E-state index in [0.717, 1.165) is 5.56 Å². The van der Waals surface area contributed by atoms with Gasteiger partial charge in [0, 0.05) is 44.9 Å². The molecule has 10 heteroatoms. The molecule has 0 fully saturated rings. The Balaban J connectivity index is 1.49. The zero-order valence-corrected chi connectivity index (χ0v) is 17.3. The molecule has 168 valence electrons. The van der Waals surface area contributed by atoms with E-state index in [4.69, 9.17) is 9.47 Å². The molecule has 0 aliphatic carbocycles. The van der Waals surface area contributed by atoms with Crippen molar-refractivity contribution in [3.05, 3.63) is 53.3 Å². The number of nitrogens with zero attached hydrogens (tertiary/aromatic N) is 2. The number of hydrogen-bond donors (Lipinski definition) is 2. The molecular formula is C21H25F3N4O3. The minimum atomic E-state index is -2.95. The van der Waals surface area contributed by atoms with Crippen LogP contribution < -0.4 is 24.8 Å². The van der Waals surface area contributed by atoms with Gasteiger partial charge in [-0.3, -0.25) is 4.99 Å². The van der Waals surface area contributed by atoms with Gasteiger partial charge >= 0.3 is 6.61 Å². The van der Waals surface area contributed by atoms with Crippen LogP contribution in [0, 0.1) is 5.82 Å². The van der Waals surface area contributed by atoms with Crippen LogP contribution in [0.2, 0.25) is 0 Å². The van der Waals surface area contributed by atoms with Gasteiger partial charge in [-0.1, -0.05) is 12.1 Å². The number of rotatable bonds is 9. The Morgan fingerprint density at radius 2 is 1.87 bits per heavy atom. The maximum atomic E-state index is 13.0. The van der Waals surface area contributed by atoms with Gasteiger partial charge in [-0.15, -0.1) is 0 Å². The van der Waals surface area contributed by atoms with Crippen molar-refractivity contribution in [2.45, 2.75) is 19.7 Å². The van der Waals surface area contributed by atoms with E-state index in [9.17, 15) is 13.2 Å². The first-order chi connectivity index (χ1) is 14.9. The second-order valence-electron chi connectivity index (χ2n) is 6.91. The Hall–Kier alpha value is -3.14. The van der Waals surface area contributed by atoms with E-state index in [1.807, 2.05) is 7.05 Å². The molecular weight excluding hydrogens is 413 g/mol. The van der Waals surface area contributed by atoms with E-state index in [2.05, 4.69) is 25.3 Å². The second-order valence-corrected chi connectivity index (χ2v) is 6.91. The SMILES string of the molecule is CN=C(NCCN(C)Cc1ccc(F)cc1)NCc1cc2c(cc1OC(F)F)OCO2.